The van der Waals surface area contributed by atoms with E-state index in [0.717, 1.165) is 6.07 Å². The van der Waals surface area contributed by atoms with Gasteiger partial charge < -0.3 is 10.4 Å². The molecule has 6 nitrogen and oxygen atoms in total. The first-order valence-corrected chi connectivity index (χ1v) is 12.5. The summed E-state index contributed by atoms with van der Waals surface area (Å²) in [7, 11) is -4.01. The number of benzene rings is 2. The third kappa shape index (κ3) is 4.17. The van der Waals surface area contributed by atoms with Crippen molar-refractivity contribution in [1.82, 2.24) is 0 Å². The van der Waals surface area contributed by atoms with E-state index < -0.39 is 44.0 Å². The number of nitrogens with zero attached hydrogens (tertiary/aromatic N) is 1. The van der Waals surface area contributed by atoms with Crippen LogP contribution < -0.4 is 5.32 Å². The zero-order valence-electron chi connectivity index (χ0n) is 17.7. The van der Waals surface area contributed by atoms with E-state index in [1.807, 2.05) is 6.07 Å². The highest BCUT2D eigenvalue weighted by molar-refractivity contribution is 7.92. The molecule has 4 rings (SSSR count). The molecule has 11 heteroatoms. The Balaban J connectivity index is 1.60. The molecule has 2 N–H and O–H groups in total. The number of aliphatic hydroxyl groups is 1. The first kappa shape index (κ1) is 24.5. The molecule has 34 heavy (non-hydrogen) atoms. The van der Waals surface area contributed by atoms with Gasteiger partial charge in [0, 0.05) is 23.4 Å². The Morgan fingerprint density at radius 3 is 2.29 bits per heavy atom. The summed E-state index contributed by atoms with van der Waals surface area (Å²) in [5.74, 6) is -6.19. The molecule has 2 fully saturated rings. The fraction of sp³-hybridized carbons (Fsp3) is 0.391. The van der Waals surface area contributed by atoms with Crippen LogP contribution in [0.25, 0.3) is 0 Å². The van der Waals surface area contributed by atoms with Gasteiger partial charge in [0.15, 0.2) is 27.3 Å². The number of fused-ring (bicyclic) bond motifs is 2. The van der Waals surface area contributed by atoms with Gasteiger partial charge in [0.25, 0.3) is 5.91 Å². The van der Waals surface area contributed by atoms with Crippen LogP contribution in [0.15, 0.2) is 35.2 Å². The van der Waals surface area contributed by atoms with Crippen molar-refractivity contribution in [2.45, 2.75) is 47.9 Å². The van der Waals surface area contributed by atoms with E-state index in [-0.39, 0.29) is 52.3 Å². The molecule has 180 valence electrons. The number of carbonyl (C=O) groups is 1. The molecule has 2 aliphatic carbocycles. The average molecular weight is 513 g/mol. The van der Waals surface area contributed by atoms with Gasteiger partial charge in [-0.15, -0.1) is 0 Å². The summed E-state index contributed by atoms with van der Waals surface area (Å²) in [6, 6.07) is 6.77. The fourth-order valence-electron chi connectivity index (χ4n) is 5.15. The van der Waals surface area contributed by atoms with E-state index in [0.29, 0.717) is 25.0 Å². The van der Waals surface area contributed by atoms with Gasteiger partial charge in [-0.25, -0.2) is 21.6 Å². The smallest absolute Gasteiger partial charge is 0.255 e. The van der Waals surface area contributed by atoms with E-state index in [1.54, 1.807) is 0 Å². The number of nitrogens with one attached hydrogen (secondary N) is 1. The minimum atomic E-state index is -4.01. The van der Waals surface area contributed by atoms with Gasteiger partial charge in [-0.2, -0.15) is 5.26 Å². The van der Waals surface area contributed by atoms with Gasteiger partial charge in [-0.3, -0.25) is 4.79 Å². The van der Waals surface area contributed by atoms with Crippen LogP contribution in [0.3, 0.4) is 0 Å². The summed E-state index contributed by atoms with van der Waals surface area (Å²) in [4.78, 5) is 12.3. The van der Waals surface area contributed by atoms with Crippen LogP contribution in [0.4, 0.5) is 18.9 Å². The monoisotopic (exact) mass is 512 g/mol. The van der Waals surface area contributed by atoms with Gasteiger partial charge in [0.1, 0.15) is 0 Å². The van der Waals surface area contributed by atoms with Crippen molar-refractivity contribution in [2.24, 2.45) is 11.8 Å². The van der Waals surface area contributed by atoms with E-state index in [4.69, 9.17) is 16.9 Å². The molecule has 2 saturated carbocycles. The summed E-state index contributed by atoms with van der Waals surface area (Å²) >= 11 is 6.17. The molecular formula is C23H20ClF3N2O4S. The zero-order valence-corrected chi connectivity index (χ0v) is 19.3. The standard InChI is InChI=1S/C23H20ClF3N2O4S/c24-17-4-1-12(22(30)29-15-10-18(25)21(27)19(26)11-15)7-20(17)34(32,33)16-8-13-2-3-14(9-16)23(13,31)5-6-28/h1,4,7,10-11,13-14,16,31H,2-3,5,8-9H2,(H,29,30)/t13?,14?,16-,23-. The lowest BCUT2D eigenvalue weighted by molar-refractivity contribution is -0.0540. The molecule has 0 aliphatic heterocycles. The van der Waals surface area contributed by atoms with Crippen molar-refractivity contribution in [1.29, 1.82) is 5.26 Å². The third-order valence-corrected chi connectivity index (χ3v) is 9.57. The predicted molar refractivity (Wildman–Crippen MR) is 117 cm³/mol. The SMILES string of the molecule is N#CC[C@]1(O)C2CCC1C[C@@H](S(=O)(=O)c1cc(C(=O)Nc3cc(F)c(F)c(F)c3)ccc1Cl)C2. The summed E-state index contributed by atoms with van der Waals surface area (Å²) in [6.07, 6.45) is 1.51. The zero-order chi connectivity index (χ0) is 24.8. The fourth-order valence-corrected chi connectivity index (χ4v) is 7.55. The second-order valence-electron chi connectivity index (χ2n) is 8.79. The van der Waals surface area contributed by atoms with Crippen molar-refractivity contribution < 1.29 is 31.5 Å². The summed E-state index contributed by atoms with van der Waals surface area (Å²) in [5, 5.41) is 21.3. The maximum absolute atomic E-state index is 13.5. The number of rotatable bonds is 5. The predicted octanol–water partition coefficient (Wildman–Crippen LogP) is 4.62. The normalized spacial score (nSPS) is 26.2. The van der Waals surface area contributed by atoms with Crippen LogP contribution >= 0.6 is 11.6 Å². The third-order valence-electron chi connectivity index (χ3n) is 6.91. The van der Waals surface area contributed by atoms with Crippen molar-refractivity contribution in [3.8, 4) is 6.07 Å². The van der Waals surface area contributed by atoms with Gasteiger partial charge in [0.2, 0.25) is 0 Å². The summed E-state index contributed by atoms with van der Waals surface area (Å²) in [6.45, 7) is 0. The van der Waals surface area contributed by atoms with Crippen LogP contribution in [-0.4, -0.2) is 30.3 Å². The van der Waals surface area contributed by atoms with E-state index in [1.165, 1.54) is 12.1 Å². The highest BCUT2D eigenvalue weighted by Gasteiger charge is 2.55. The topological polar surface area (TPSA) is 107 Å². The number of anilines is 1. The molecule has 2 aromatic rings. The number of carbonyl (C=O) groups excluding carboxylic acids is 1. The average Bonchev–Trinajstić information content (AvgIpc) is 2.93. The summed E-state index contributed by atoms with van der Waals surface area (Å²) < 4.78 is 66.9. The first-order valence-electron chi connectivity index (χ1n) is 10.6. The molecule has 2 aliphatic rings. The minimum absolute atomic E-state index is 0.0594. The Morgan fingerprint density at radius 2 is 1.74 bits per heavy atom. The van der Waals surface area contributed by atoms with E-state index >= 15 is 0 Å². The van der Waals surface area contributed by atoms with Crippen LogP contribution in [0.5, 0.6) is 0 Å². The lowest BCUT2D eigenvalue weighted by Gasteiger charge is -2.41. The van der Waals surface area contributed by atoms with Crippen molar-refractivity contribution >= 4 is 33.0 Å². The van der Waals surface area contributed by atoms with Crippen molar-refractivity contribution in [3.63, 3.8) is 0 Å². The van der Waals surface area contributed by atoms with Gasteiger partial charge >= 0.3 is 0 Å². The second-order valence-corrected chi connectivity index (χ2v) is 11.4. The van der Waals surface area contributed by atoms with Crippen LogP contribution in [-0.2, 0) is 9.84 Å². The number of sulfone groups is 1. The van der Waals surface area contributed by atoms with Gasteiger partial charge in [-0.1, -0.05) is 11.6 Å². The van der Waals surface area contributed by atoms with Gasteiger partial charge in [0.05, 0.1) is 33.3 Å². The Bertz CT molecular complexity index is 1270. The molecule has 0 radical (unpaired) electrons. The Hall–Kier alpha value is -2.61. The molecule has 0 spiro atoms. The van der Waals surface area contributed by atoms with Crippen LogP contribution in [0.2, 0.25) is 5.02 Å². The molecule has 2 unspecified atom stereocenters. The second kappa shape index (κ2) is 8.87. The Labute approximate surface area is 199 Å². The van der Waals surface area contributed by atoms with E-state index in [2.05, 4.69) is 5.32 Å². The molecule has 0 saturated heterocycles. The molecule has 2 aromatic carbocycles. The van der Waals surface area contributed by atoms with Crippen LogP contribution in [0, 0.1) is 40.6 Å². The minimum Gasteiger partial charge on any atom is -0.388 e. The lowest BCUT2D eigenvalue weighted by atomic mass is 9.73. The molecule has 1 amide bonds. The molecule has 0 heterocycles. The number of hydrogen-bond acceptors (Lipinski definition) is 5. The highest BCUT2D eigenvalue weighted by atomic mass is 35.5. The summed E-state index contributed by atoms with van der Waals surface area (Å²) in [5.41, 5.74) is -1.68. The molecule has 2 bridgehead atoms. The highest BCUT2D eigenvalue weighted by Crippen LogP contribution is 2.53. The first-order chi connectivity index (χ1) is 16.0. The number of amides is 1. The number of nitriles is 1. The molecule has 2 atom stereocenters. The van der Waals surface area contributed by atoms with Gasteiger partial charge in [-0.05, 0) is 55.7 Å². The maximum atomic E-state index is 13.5. The Morgan fingerprint density at radius 1 is 1.15 bits per heavy atom. The van der Waals surface area contributed by atoms with Crippen molar-refractivity contribution in [3.05, 3.63) is 58.4 Å². The lowest BCUT2D eigenvalue weighted by Crippen LogP contribution is -2.47. The van der Waals surface area contributed by atoms with Crippen LogP contribution in [0.1, 0.15) is 42.5 Å². The molecule has 0 aromatic heterocycles. The number of hydrogen-bond donors (Lipinski definition) is 2. The Kier molecular flexibility index (Phi) is 6.40. The van der Waals surface area contributed by atoms with Crippen molar-refractivity contribution in [2.75, 3.05) is 5.32 Å². The molecular weight excluding hydrogens is 493 g/mol. The largest absolute Gasteiger partial charge is 0.388 e. The maximum Gasteiger partial charge on any atom is 0.255 e. The van der Waals surface area contributed by atoms with E-state index in [9.17, 15) is 31.5 Å². The quantitative estimate of drug-likeness (QED) is 0.569. The number of halogens is 4.